The Hall–Kier alpha value is -1.66. The zero-order valence-electron chi connectivity index (χ0n) is 13.1. The van der Waals surface area contributed by atoms with Gasteiger partial charge in [0.1, 0.15) is 11.6 Å². The molecule has 0 radical (unpaired) electrons. The van der Waals surface area contributed by atoms with Crippen LogP contribution < -0.4 is 10.1 Å². The highest BCUT2D eigenvalue weighted by Gasteiger charge is 2.24. The minimum Gasteiger partial charge on any atom is -0.434 e. The maximum absolute atomic E-state index is 13.6. The van der Waals surface area contributed by atoms with Crippen LogP contribution in [0.1, 0.15) is 36.6 Å². The highest BCUT2D eigenvalue weighted by Crippen LogP contribution is 2.38. The largest absolute Gasteiger partial charge is 0.434 e. The van der Waals surface area contributed by atoms with Crippen LogP contribution in [0.25, 0.3) is 0 Å². The maximum atomic E-state index is 13.6. The summed E-state index contributed by atoms with van der Waals surface area (Å²) >= 11 is 1.71. The van der Waals surface area contributed by atoms with E-state index < -0.39 is 6.61 Å². The molecule has 0 saturated heterocycles. The number of alkyl halides is 2. The summed E-state index contributed by atoms with van der Waals surface area (Å²) in [6, 6.07) is 11.3. The standard InChI is InChI=1S/C18H18F3NOS/c1-11(13-4-2-3-5-16(13)23-18(20)21)22-15-8-9-24-17-7-6-12(19)10-14(15)17/h2-7,10-11,15,18,22H,8-9H2,1H3. The number of nitrogens with one attached hydrogen (secondary N) is 1. The molecule has 2 unspecified atom stereocenters. The van der Waals surface area contributed by atoms with Crippen molar-refractivity contribution in [2.24, 2.45) is 0 Å². The van der Waals surface area contributed by atoms with Crippen molar-refractivity contribution in [3.63, 3.8) is 0 Å². The van der Waals surface area contributed by atoms with Gasteiger partial charge in [-0.15, -0.1) is 11.8 Å². The molecular formula is C18H18F3NOS. The number of hydrogen-bond donors (Lipinski definition) is 1. The number of halogens is 3. The summed E-state index contributed by atoms with van der Waals surface area (Å²) < 4.78 is 43.4. The van der Waals surface area contributed by atoms with Crippen LogP contribution in [0.2, 0.25) is 0 Å². The van der Waals surface area contributed by atoms with E-state index in [1.54, 1.807) is 42.1 Å². The zero-order chi connectivity index (χ0) is 17.1. The Bertz CT molecular complexity index is 710. The Morgan fingerprint density at radius 3 is 2.79 bits per heavy atom. The van der Waals surface area contributed by atoms with Gasteiger partial charge in [-0.05, 0) is 48.9 Å². The Morgan fingerprint density at radius 1 is 1.21 bits per heavy atom. The van der Waals surface area contributed by atoms with Gasteiger partial charge in [0, 0.05) is 22.5 Å². The smallest absolute Gasteiger partial charge is 0.387 e. The average molecular weight is 353 g/mol. The number of para-hydroxylation sites is 1. The second-order valence-electron chi connectivity index (χ2n) is 5.68. The molecule has 6 heteroatoms. The minimum absolute atomic E-state index is 0.0217. The van der Waals surface area contributed by atoms with Crippen LogP contribution in [0.3, 0.4) is 0 Å². The topological polar surface area (TPSA) is 21.3 Å². The van der Waals surface area contributed by atoms with Gasteiger partial charge in [-0.2, -0.15) is 8.78 Å². The Labute approximate surface area is 143 Å². The van der Waals surface area contributed by atoms with Crippen molar-refractivity contribution in [3.8, 4) is 5.75 Å². The Morgan fingerprint density at radius 2 is 2.00 bits per heavy atom. The van der Waals surface area contributed by atoms with Gasteiger partial charge in [-0.1, -0.05) is 18.2 Å². The van der Waals surface area contributed by atoms with E-state index in [2.05, 4.69) is 10.1 Å². The minimum atomic E-state index is -2.86. The predicted molar refractivity (Wildman–Crippen MR) is 89.1 cm³/mol. The molecule has 0 aliphatic carbocycles. The van der Waals surface area contributed by atoms with Gasteiger partial charge in [0.25, 0.3) is 0 Å². The van der Waals surface area contributed by atoms with Crippen LogP contribution in [0.5, 0.6) is 5.75 Å². The van der Waals surface area contributed by atoms with Crippen molar-refractivity contribution >= 4 is 11.8 Å². The molecule has 2 atom stereocenters. The van der Waals surface area contributed by atoms with E-state index in [0.717, 1.165) is 22.6 Å². The van der Waals surface area contributed by atoms with Gasteiger partial charge in [-0.25, -0.2) is 4.39 Å². The molecule has 0 spiro atoms. The highest BCUT2D eigenvalue weighted by molar-refractivity contribution is 7.99. The fourth-order valence-electron chi connectivity index (χ4n) is 2.97. The summed E-state index contributed by atoms with van der Waals surface area (Å²) in [5.41, 5.74) is 1.58. The predicted octanol–water partition coefficient (Wildman–Crippen LogP) is 5.31. The summed E-state index contributed by atoms with van der Waals surface area (Å²) in [4.78, 5) is 1.06. The number of ether oxygens (including phenoxy) is 1. The molecule has 3 rings (SSSR count). The Balaban J connectivity index is 1.82. The molecule has 24 heavy (non-hydrogen) atoms. The quantitative estimate of drug-likeness (QED) is 0.787. The van der Waals surface area contributed by atoms with E-state index in [4.69, 9.17) is 0 Å². The van der Waals surface area contributed by atoms with Crippen molar-refractivity contribution in [2.45, 2.75) is 36.9 Å². The van der Waals surface area contributed by atoms with Crippen molar-refractivity contribution in [3.05, 3.63) is 59.4 Å². The number of rotatable bonds is 5. The lowest BCUT2D eigenvalue weighted by molar-refractivity contribution is -0.0507. The van der Waals surface area contributed by atoms with E-state index in [-0.39, 0.29) is 23.7 Å². The molecule has 0 saturated carbocycles. The molecule has 1 heterocycles. The Kier molecular flexibility index (Phi) is 5.36. The van der Waals surface area contributed by atoms with Crippen LogP contribution in [-0.2, 0) is 0 Å². The van der Waals surface area contributed by atoms with E-state index in [9.17, 15) is 13.2 Å². The lowest BCUT2D eigenvalue weighted by atomic mass is 10.00. The van der Waals surface area contributed by atoms with E-state index in [0.29, 0.717) is 5.56 Å². The molecule has 2 aromatic rings. The van der Waals surface area contributed by atoms with Gasteiger partial charge in [-0.3, -0.25) is 0 Å². The molecular weight excluding hydrogens is 335 g/mol. The lowest BCUT2D eigenvalue weighted by Gasteiger charge is -2.29. The number of thioether (sulfide) groups is 1. The van der Waals surface area contributed by atoms with Crippen molar-refractivity contribution in [1.82, 2.24) is 5.32 Å². The zero-order valence-corrected chi connectivity index (χ0v) is 14.0. The van der Waals surface area contributed by atoms with Gasteiger partial charge < -0.3 is 10.1 Å². The first-order chi connectivity index (χ1) is 11.5. The van der Waals surface area contributed by atoms with Crippen LogP contribution in [0, 0.1) is 5.82 Å². The van der Waals surface area contributed by atoms with Crippen LogP contribution in [0.4, 0.5) is 13.2 Å². The average Bonchev–Trinajstić information content (AvgIpc) is 2.55. The summed E-state index contributed by atoms with van der Waals surface area (Å²) in [7, 11) is 0. The number of benzene rings is 2. The first kappa shape index (κ1) is 17.2. The number of fused-ring (bicyclic) bond motifs is 1. The summed E-state index contributed by atoms with van der Waals surface area (Å²) in [6.45, 7) is -0.965. The van der Waals surface area contributed by atoms with E-state index in [1.165, 1.54) is 12.1 Å². The lowest BCUT2D eigenvalue weighted by Crippen LogP contribution is -2.28. The third-order valence-electron chi connectivity index (χ3n) is 4.06. The second-order valence-corrected chi connectivity index (χ2v) is 6.81. The molecule has 2 nitrogen and oxygen atoms in total. The summed E-state index contributed by atoms with van der Waals surface area (Å²) in [6.07, 6.45) is 0.851. The monoisotopic (exact) mass is 353 g/mol. The maximum Gasteiger partial charge on any atom is 0.387 e. The fraction of sp³-hybridized carbons (Fsp3) is 0.333. The summed E-state index contributed by atoms with van der Waals surface area (Å²) in [5.74, 6) is 0.826. The molecule has 0 fully saturated rings. The van der Waals surface area contributed by atoms with Crippen LogP contribution in [0.15, 0.2) is 47.4 Å². The molecule has 0 aromatic heterocycles. The highest BCUT2D eigenvalue weighted by atomic mass is 32.2. The van der Waals surface area contributed by atoms with Crippen molar-refractivity contribution in [2.75, 3.05) is 5.75 Å². The van der Waals surface area contributed by atoms with Crippen LogP contribution in [-0.4, -0.2) is 12.4 Å². The first-order valence-electron chi connectivity index (χ1n) is 7.76. The fourth-order valence-corrected chi connectivity index (χ4v) is 4.08. The number of hydrogen-bond acceptors (Lipinski definition) is 3. The third kappa shape index (κ3) is 3.87. The van der Waals surface area contributed by atoms with Gasteiger partial charge in [0.2, 0.25) is 0 Å². The molecule has 0 bridgehead atoms. The van der Waals surface area contributed by atoms with Crippen LogP contribution >= 0.6 is 11.8 Å². The third-order valence-corrected chi connectivity index (χ3v) is 5.19. The van der Waals surface area contributed by atoms with Gasteiger partial charge in [0.05, 0.1) is 0 Å². The first-order valence-corrected chi connectivity index (χ1v) is 8.75. The van der Waals surface area contributed by atoms with E-state index in [1.807, 2.05) is 6.92 Å². The molecule has 128 valence electrons. The van der Waals surface area contributed by atoms with Crippen molar-refractivity contribution < 1.29 is 17.9 Å². The van der Waals surface area contributed by atoms with Crippen molar-refractivity contribution in [1.29, 1.82) is 0 Å². The second kappa shape index (κ2) is 7.49. The molecule has 1 aliphatic rings. The van der Waals surface area contributed by atoms with Gasteiger partial charge in [0.15, 0.2) is 0 Å². The SMILES string of the molecule is CC(NC1CCSc2ccc(F)cc21)c1ccccc1OC(F)F. The molecule has 1 N–H and O–H groups in total. The molecule has 1 aliphatic heterocycles. The molecule has 2 aromatic carbocycles. The van der Waals surface area contributed by atoms with Gasteiger partial charge >= 0.3 is 6.61 Å². The summed E-state index contributed by atoms with van der Waals surface area (Å²) in [5, 5.41) is 3.43. The van der Waals surface area contributed by atoms with E-state index >= 15 is 0 Å². The molecule has 0 amide bonds. The normalized spacial score (nSPS) is 18.3.